The van der Waals surface area contributed by atoms with Gasteiger partial charge in [0.05, 0.1) is 41.2 Å². The van der Waals surface area contributed by atoms with E-state index in [0.717, 1.165) is 12.5 Å². The summed E-state index contributed by atoms with van der Waals surface area (Å²) in [6.45, 7) is 1.27. The number of aromatic nitrogens is 4. The highest BCUT2D eigenvalue weighted by molar-refractivity contribution is 6.33. The van der Waals surface area contributed by atoms with Crippen molar-refractivity contribution in [3.05, 3.63) is 34.7 Å². The van der Waals surface area contributed by atoms with Crippen LogP contribution in [0.4, 0.5) is 22.0 Å². The van der Waals surface area contributed by atoms with Crippen LogP contribution in [0, 0.1) is 23.1 Å². The molecule has 0 spiro atoms. The number of anilines is 3. The molecule has 3 heterocycles. The van der Waals surface area contributed by atoms with Gasteiger partial charge in [0, 0.05) is 18.6 Å². The van der Waals surface area contributed by atoms with E-state index in [1.807, 2.05) is 10.6 Å². The largest absolute Gasteiger partial charge is 0.379 e. The second kappa shape index (κ2) is 9.64. The molecule has 10 nitrogen and oxygen atoms in total. The molecule has 1 atom stereocenters. The van der Waals surface area contributed by atoms with Crippen LogP contribution in [0.15, 0.2) is 18.3 Å². The smallest absolute Gasteiger partial charge is 0.225 e. The van der Waals surface area contributed by atoms with Gasteiger partial charge >= 0.3 is 0 Å². The van der Waals surface area contributed by atoms with E-state index in [1.54, 1.807) is 6.20 Å². The van der Waals surface area contributed by atoms with E-state index in [1.165, 1.54) is 6.07 Å². The number of nitrogens with two attached hydrogens (primary N) is 1. The normalized spacial score (nSPS) is 22.1. The molecule has 4 N–H and O–H groups in total. The molecule has 0 radical (unpaired) electrons. The third-order valence-corrected chi connectivity index (χ3v) is 6.87. The molecule has 0 bridgehead atoms. The molecule has 182 valence electrons. The van der Waals surface area contributed by atoms with Crippen LogP contribution in [0.1, 0.15) is 43.7 Å². The summed E-state index contributed by atoms with van der Waals surface area (Å²) in [6, 6.07) is 4.48. The number of hydrogen-bond acceptors (Lipinski definition) is 8. The molecule has 1 unspecified atom stereocenters. The number of rotatable bonds is 6. The van der Waals surface area contributed by atoms with Crippen LogP contribution in [0.2, 0.25) is 5.02 Å². The lowest BCUT2D eigenvalue weighted by Crippen LogP contribution is -2.29. The highest BCUT2D eigenvalue weighted by Crippen LogP contribution is 2.38. The van der Waals surface area contributed by atoms with Crippen LogP contribution in [-0.4, -0.2) is 44.7 Å². The van der Waals surface area contributed by atoms with E-state index in [9.17, 15) is 9.18 Å². The fraction of sp³-hybridized carbons (Fsp3) is 0.435. The zero-order valence-electron chi connectivity index (χ0n) is 18.8. The first-order chi connectivity index (χ1) is 16.9. The monoisotopic (exact) mass is 498 g/mol. The van der Waals surface area contributed by atoms with Gasteiger partial charge < -0.3 is 21.1 Å². The number of benzene rings is 1. The molecule has 12 heteroatoms. The summed E-state index contributed by atoms with van der Waals surface area (Å²) >= 11 is 6.28. The van der Waals surface area contributed by atoms with Crippen molar-refractivity contribution in [1.82, 2.24) is 19.5 Å². The Morgan fingerprint density at radius 2 is 2.06 bits per heavy atom. The average Bonchev–Trinajstić information content (AvgIpc) is 3.48. The quantitative estimate of drug-likeness (QED) is 0.467. The molecule has 2 aromatic heterocycles. The first-order valence-electron chi connectivity index (χ1n) is 11.5. The Labute approximate surface area is 205 Å². The zero-order chi connectivity index (χ0) is 24.5. The third kappa shape index (κ3) is 4.72. The number of carbonyl (C=O) groups excluding carboxylic acids is 1. The second-order valence-electron chi connectivity index (χ2n) is 8.87. The van der Waals surface area contributed by atoms with Crippen molar-refractivity contribution in [3.63, 3.8) is 0 Å². The first-order valence-corrected chi connectivity index (χ1v) is 11.9. The van der Waals surface area contributed by atoms with E-state index >= 15 is 0 Å². The number of nitrogens with one attached hydrogen (secondary N) is 2. The van der Waals surface area contributed by atoms with Gasteiger partial charge in [0.2, 0.25) is 17.8 Å². The van der Waals surface area contributed by atoms with E-state index in [2.05, 4.69) is 20.6 Å². The van der Waals surface area contributed by atoms with Crippen LogP contribution in [-0.2, 0) is 9.53 Å². The van der Waals surface area contributed by atoms with Gasteiger partial charge in [-0.05, 0) is 44.2 Å². The Morgan fingerprint density at radius 3 is 2.71 bits per heavy atom. The highest BCUT2D eigenvalue weighted by atomic mass is 35.5. The van der Waals surface area contributed by atoms with Crippen molar-refractivity contribution in [3.8, 4) is 6.07 Å². The molecule has 3 aromatic rings. The number of fused-ring (bicyclic) bond motifs is 1. The molecular formula is C23H24ClFN8O2. The Hall–Kier alpha value is -3.49. The van der Waals surface area contributed by atoms with Gasteiger partial charge in [-0.1, -0.05) is 11.6 Å². The van der Waals surface area contributed by atoms with Gasteiger partial charge in [0.15, 0.2) is 5.65 Å². The third-order valence-electron chi connectivity index (χ3n) is 6.57. The standard InChI is InChI=1S/C23H24ClFN8O2/c24-16-7-12(9-26)8-17(25)19(16)31-23-30-18-10-28-22(29-14-5-6-35-11-14)32-21(18)33(23)15-3-1-13(2-4-15)20(27)34/h7-8,10,13-15H,1-6,11H2,(H2,27,34)(H,30,31)(H,28,29,32). The van der Waals surface area contributed by atoms with Crippen molar-refractivity contribution >= 4 is 46.3 Å². The second-order valence-corrected chi connectivity index (χ2v) is 9.28. The molecule has 1 aliphatic carbocycles. The van der Waals surface area contributed by atoms with Crippen LogP contribution in [0.3, 0.4) is 0 Å². The van der Waals surface area contributed by atoms with Crippen LogP contribution in [0.25, 0.3) is 11.2 Å². The van der Waals surface area contributed by atoms with Crippen molar-refractivity contribution in [1.29, 1.82) is 5.26 Å². The van der Waals surface area contributed by atoms with Gasteiger partial charge in [-0.15, -0.1) is 0 Å². The molecule has 1 saturated heterocycles. The molecule has 2 aliphatic rings. The van der Waals surface area contributed by atoms with E-state index in [4.69, 9.17) is 32.3 Å². The number of halogens is 2. The van der Waals surface area contributed by atoms with Gasteiger partial charge in [0.1, 0.15) is 11.3 Å². The molecule has 2 fully saturated rings. The van der Waals surface area contributed by atoms with E-state index < -0.39 is 5.82 Å². The van der Waals surface area contributed by atoms with E-state index in [0.29, 0.717) is 62.0 Å². The van der Waals surface area contributed by atoms with Crippen molar-refractivity contribution in [2.45, 2.75) is 44.2 Å². The Morgan fingerprint density at radius 1 is 1.26 bits per heavy atom. The minimum Gasteiger partial charge on any atom is -0.379 e. The highest BCUT2D eigenvalue weighted by Gasteiger charge is 2.30. The number of hydrogen-bond donors (Lipinski definition) is 3. The minimum absolute atomic E-state index is 0.0162. The average molecular weight is 499 g/mol. The molecule has 1 aromatic carbocycles. The molecule has 35 heavy (non-hydrogen) atoms. The zero-order valence-corrected chi connectivity index (χ0v) is 19.6. The SMILES string of the molecule is N#Cc1cc(F)c(Nc2nc3cnc(NC4CCOC4)nc3n2C2CCC(C(N)=O)CC2)c(Cl)c1. The lowest BCUT2D eigenvalue weighted by molar-refractivity contribution is -0.122. The van der Waals surface area contributed by atoms with Crippen LogP contribution >= 0.6 is 11.6 Å². The lowest BCUT2D eigenvalue weighted by atomic mass is 9.85. The maximum absolute atomic E-state index is 14.8. The number of nitrogens with zero attached hydrogens (tertiary/aromatic N) is 5. The van der Waals surface area contributed by atoms with Crippen molar-refractivity contribution < 1.29 is 13.9 Å². The summed E-state index contributed by atoms with van der Waals surface area (Å²) < 4.78 is 22.1. The van der Waals surface area contributed by atoms with Crippen LogP contribution in [0.5, 0.6) is 0 Å². The number of carbonyl (C=O) groups is 1. The predicted molar refractivity (Wildman–Crippen MR) is 128 cm³/mol. The predicted octanol–water partition coefficient (Wildman–Crippen LogP) is 3.65. The maximum Gasteiger partial charge on any atom is 0.225 e. The summed E-state index contributed by atoms with van der Waals surface area (Å²) in [6.07, 6.45) is 5.12. The lowest BCUT2D eigenvalue weighted by Gasteiger charge is -2.29. The fourth-order valence-electron chi connectivity index (χ4n) is 4.71. The van der Waals surface area contributed by atoms with Crippen molar-refractivity contribution in [2.24, 2.45) is 11.7 Å². The number of amides is 1. The van der Waals surface area contributed by atoms with Crippen molar-refractivity contribution in [2.75, 3.05) is 23.8 Å². The fourth-order valence-corrected chi connectivity index (χ4v) is 4.97. The molecule has 1 saturated carbocycles. The summed E-state index contributed by atoms with van der Waals surface area (Å²) in [4.78, 5) is 25.4. The van der Waals surface area contributed by atoms with Gasteiger partial charge in [-0.25, -0.2) is 14.4 Å². The Kier molecular flexibility index (Phi) is 6.40. The maximum atomic E-state index is 14.8. The summed E-state index contributed by atoms with van der Waals surface area (Å²) in [5, 5.41) is 15.5. The van der Waals surface area contributed by atoms with Gasteiger partial charge in [0.25, 0.3) is 0 Å². The Bertz CT molecular complexity index is 1290. The summed E-state index contributed by atoms with van der Waals surface area (Å²) in [5.41, 5.74) is 6.77. The van der Waals surface area contributed by atoms with Crippen LogP contribution < -0.4 is 16.4 Å². The van der Waals surface area contributed by atoms with Gasteiger partial charge in [-0.2, -0.15) is 10.2 Å². The molecule has 1 aliphatic heterocycles. The first kappa shape index (κ1) is 23.3. The number of nitriles is 1. The Balaban J connectivity index is 1.54. The number of ether oxygens (including phenoxy) is 1. The minimum atomic E-state index is -0.667. The topological polar surface area (TPSA) is 144 Å². The summed E-state index contributed by atoms with van der Waals surface area (Å²) in [5.74, 6) is -0.328. The number of primary amides is 1. The molecule has 5 rings (SSSR count). The van der Waals surface area contributed by atoms with Gasteiger partial charge in [-0.3, -0.25) is 9.36 Å². The number of imidazole rings is 1. The molecular weight excluding hydrogens is 475 g/mol. The molecule has 1 amide bonds. The summed E-state index contributed by atoms with van der Waals surface area (Å²) in [7, 11) is 0. The van der Waals surface area contributed by atoms with E-state index in [-0.39, 0.29) is 40.2 Å².